The van der Waals surface area contributed by atoms with Crippen molar-refractivity contribution in [1.29, 1.82) is 0 Å². The van der Waals surface area contributed by atoms with E-state index in [9.17, 15) is 14.8 Å². The molecule has 0 amide bonds. The second kappa shape index (κ2) is 9.82. The number of aliphatic hydroxyl groups is 2. The van der Waals surface area contributed by atoms with E-state index in [-0.39, 0.29) is 0 Å². The molecule has 0 aliphatic carbocycles. The van der Waals surface area contributed by atoms with Gasteiger partial charge in [0.05, 0.1) is 0 Å². The summed E-state index contributed by atoms with van der Waals surface area (Å²) in [6.07, 6.45) is 0.163. The first-order valence-electron chi connectivity index (χ1n) is 6.48. The molecule has 0 fully saturated rings. The first-order chi connectivity index (χ1) is 8.31. The molecule has 0 rings (SSSR count). The van der Waals surface area contributed by atoms with E-state index in [4.69, 9.17) is 9.05 Å². The first kappa shape index (κ1) is 17.9. The first-order valence-corrected chi connectivity index (χ1v) is 7.57. The van der Waals surface area contributed by atoms with E-state index in [1.807, 2.05) is 27.7 Å². The number of rotatable bonds is 10. The van der Waals surface area contributed by atoms with Crippen LogP contribution in [0, 0.1) is 11.8 Å². The normalized spacial score (nSPS) is 16.1. The largest absolute Gasteiger partial charge is 0.702 e. The van der Waals surface area contributed by atoms with Gasteiger partial charge in [0, 0.05) is 17.4 Å². The molecule has 0 aromatic carbocycles. The van der Waals surface area contributed by atoms with Crippen LogP contribution in [0.3, 0.4) is 0 Å². The Bertz CT molecular complexity index is 211. The van der Waals surface area contributed by atoms with Crippen LogP contribution in [0.2, 0.25) is 0 Å². The molecule has 0 saturated heterocycles. The lowest BCUT2D eigenvalue weighted by Gasteiger charge is -2.08. The van der Waals surface area contributed by atoms with Crippen LogP contribution in [-0.4, -0.2) is 22.8 Å². The maximum atomic E-state index is 11.3. The minimum atomic E-state index is -2.47. The quantitative estimate of drug-likeness (QED) is 0.475. The molecule has 0 aromatic rings. The van der Waals surface area contributed by atoms with E-state index in [1.54, 1.807) is 0 Å². The van der Waals surface area contributed by atoms with Crippen LogP contribution in [0.5, 0.6) is 0 Å². The Labute approximate surface area is 110 Å². The Morgan fingerprint density at radius 1 is 0.833 bits per heavy atom. The van der Waals surface area contributed by atoms with Crippen LogP contribution in [-0.2, 0) is 13.6 Å². The van der Waals surface area contributed by atoms with Crippen molar-refractivity contribution in [3.63, 3.8) is 0 Å². The molecule has 2 N–H and O–H groups in total. The molecule has 18 heavy (non-hydrogen) atoms. The molecule has 2 unspecified atom stereocenters. The fourth-order valence-electron chi connectivity index (χ4n) is 1.28. The Hall–Kier alpha value is -0.0600. The van der Waals surface area contributed by atoms with Gasteiger partial charge in [-0.1, -0.05) is 36.7 Å². The zero-order valence-electron chi connectivity index (χ0n) is 11.7. The fraction of sp³-hybridized carbons (Fsp3) is 1.00. The predicted octanol–water partition coefficient (Wildman–Crippen LogP) is 3.19. The smallest absolute Gasteiger partial charge is 0.364 e. The van der Waals surface area contributed by atoms with Gasteiger partial charge in [0.1, 0.15) is 0 Å². The van der Waals surface area contributed by atoms with E-state index >= 15 is 0 Å². The van der Waals surface area contributed by atoms with Crippen molar-refractivity contribution in [2.75, 3.05) is 0 Å². The second-order valence-electron chi connectivity index (χ2n) is 5.29. The summed E-state index contributed by atoms with van der Waals surface area (Å²) in [7, 11) is -2.47. The number of aliphatic hydroxyl groups excluding tert-OH is 2. The molecule has 0 aliphatic heterocycles. The zero-order chi connectivity index (χ0) is 14.1. The van der Waals surface area contributed by atoms with Crippen LogP contribution in [0.15, 0.2) is 0 Å². The molecule has 6 heteroatoms. The molecule has 0 bridgehead atoms. The molecule has 0 radical (unpaired) electrons. The fourth-order valence-corrected chi connectivity index (χ4v) is 1.94. The standard InChI is InChI=1S/C12H26O5P/c1-9(2)5-7-11(13)16-18(15)17-12(14)8-6-10(3)4/h9-14H,5-8H2,1-4H3/q+1. The summed E-state index contributed by atoms with van der Waals surface area (Å²) < 4.78 is 20.9. The summed E-state index contributed by atoms with van der Waals surface area (Å²) >= 11 is 0. The van der Waals surface area contributed by atoms with Crippen molar-refractivity contribution in [2.45, 2.75) is 66.0 Å². The maximum absolute atomic E-state index is 11.3. The van der Waals surface area contributed by atoms with E-state index in [2.05, 4.69) is 0 Å². The van der Waals surface area contributed by atoms with E-state index < -0.39 is 20.8 Å². The van der Waals surface area contributed by atoms with Crippen LogP contribution in [0.25, 0.3) is 0 Å². The lowest BCUT2D eigenvalue weighted by molar-refractivity contribution is -0.0663. The van der Waals surface area contributed by atoms with Crippen molar-refractivity contribution >= 4 is 8.25 Å². The third kappa shape index (κ3) is 11.1. The van der Waals surface area contributed by atoms with Gasteiger partial charge in [0.25, 0.3) is 0 Å². The summed E-state index contributed by atoms with van der Waals surface area (Å²) in [5.74, 6) is 0.886. The Morgan fingerprint density at radius 3 is 1.44 bits per heavy atom. The van der Waals surface area contributed by atoms with Crippen molar-refractivity contribution < 1.29 is 23.8 Å². The molecular formula is C12H26O5P+. The van der Waals surface area contributed by atoms with Gasteiger partial charge in [-0.2, -0.15) is 0 Å². The lowest BCUT2D eigenvalue weighted by atomic mass is 10.1. The summed E-state index contributed by atoms with van der Waals surface area (Å²) in [5, 5.41) is 18.9. The van der Waals surface area contributed by atoms with Crippen LogP contribution >= 0.6 is 8.25 Å². The van der Waals surface area contributed by atoms with Crippen molar-refractivity contribution in [2.24, 2.45) is 11.8 Å². The number of hydrogen-bond donors (Lipinski definition) is 2. The van der Waals surface area contributed by atoms with E-state index in [0.29, 0.717) is 24.7 Å². The Morgan fingerprint density at radius 2 is 1.17 bits per heavy atom. The molecule has 0 aromatic heterocycles. The maximum Gasteiger partial charge on any atom is 0.702 e. The van der Waals surface area contributed by atoms with Gasteiger partial charge < -0.3 is 10.2 Å². The topological polar surface area (TPSA) is 76.0 Å². The van der Waals surface area contributed by atoms with Gasteiger partial charge >= 0.3 is 8.25 Å². The van der Waals surface area contributed by atoms with Gasteiger partial charge in [0.2, 0.25) is 12.6 Å². The minimum Gasteiger partial charge on any atom is -0.364 e. The van der Waals surface area contributed by atoms with Gasteiger partial charge in [0.15, 0.2) is 0 Å². The average Bonchev–Trinajstić information content (AvgIpc) is 2.23. The molecule has 108 valence electrons. The molecule has 0 aliphatic rings. The summed E-state index contributed by atoms with van der Waals surface area (Å²) in [6, 6.07) is 0. The third-order valence-corrected chi connectivity index (χ3v) is 3.23. The zero-order valence-corrected chi connectivity index (χ0v) is 12.6. The predicted molar refractivity (Wildman–Crippen MR) is 69.9 cm³/mol. The molecule has 5 nitrogen and oxygen atoms in total. The van der Waals surface area contributed by atoms with Crippen LogP contribution in [0.1, 0.15) is 53.4 Å². The SMILES string of the molecule is CC(C)CCC(O)O[P+](=O)OC(O)CCC(C)C. The lowest BCUT2D eigenvalue weighted by Crippen LogP contribution is -2.13. The van der Waals surface area contributed by atoms with E-state index in [0.717, 1.165) is 12.8 Å². The highest BCUT2D eigenvalue weighted by Crippen LogP contribution is 2.29. The monoisotopic (exact) mass is 281 g/mol. The molecule has 2 atom stereocenters. The molecule has 0 heterocycles. The van der Waals surface area contributed by atoms with Crippen LogP contribution in [0.4, 0.5) is 0 Å². The van der Waals surface area contributed by atoms with Gasteiger partial charge in [-0.15, -0.1) is 0 Å². The van der Waals surface area contributed by atoms with Gasteiger partial charge in [-0.25, -0.2) is 0 Å². The summed E-state index contributed by atoms with van der Waals surface area (Å²) in [6.45, 7) is 8.11. The highest BCUT2D eigenvalue weighted by atomic mass is 31.1. The second-order valence-corrected chi connectivity index (χ2v) is 6.15. The van der Waals surface area contributed by atoms with Crippen molar-refractivity contribution in [1.82, 2.24) is 0 Å². The molecule has 0 saturated carbocycles. The Balaban J connectivity index is 3.74. The third-order valence-electron chi connectivity index (χ3n) is 2.40. The van der Waals surface area contributed by atoms with Gasteiger partial charge in [-0.3, -0.25) is 0 Å². The van der Waals surface area contributed by atoms with E-state index in [1.165, 1.54) is 0 Å². The summed E-state index contributed by atoms with van der Waals surface area (Å²) in [4.78, 5) is 0. The number of hydrogen-bond acceptors (Lipinski definition) is 5. The summed E-state index contributed by atoms with van der Waals surface area (Å²) in [5.41, 5.74) is 0. The van der Waals surface area contributed by atoms with Gasteiger partial charge in [-0.05, 0) is 24.7 Å². The molecular weight excluding hydrogens is 255 g/mol. The molecule has 0 spiro atoms. The van der Waals surface area contributed by atoms with Crippen LogP contribution < -0.4 is 0 Å². The highest BCUT2D eigenvalue weighted by Gasteiger charge is 2.29. The highest BCUT2D eigenvalue weighted by molar-refractivity contribution is 7.33. The van der Waals surface area contributed by atoms with Crippen molar-refractivity contribution in [3.8, 4) is 0 Å². The minimum absolute atomic E-state index is 0.407. The van der Waals surface area contributed by atoms with Crippen molar-refractivity contribution in [3.05, 3.63) is 0 Å². The Kier molecular flexibility index (Phi) is 9.78. The average molecular weight is 281 g/mol.